The van der Waals surface area contributed by atoms with Crippen molar-refractivity contribution in [2.75, 3.05) is 13.2 Å². The smallest absolute Gasteiger partial charge is 0.421 e. The van der Waals surface area contributed by atoms with E-state index in [2.05, 4.69) is 15.0 Å². The number of hydrogen-bond acceptors (Lipinski definition) is 8. The molecule has 1 aromatic carbocycles. The summed E-state index contributed by atoms with van der Waals surface area (Å²) in [5, 5.41) is 18.2. The van der Waals surface area contributed by atoms with Crippen LogP contribution in [0, 0.1) is 6.92 Å². The second kappa shape index (κ2) is 8.44. The van der Waals surface area contributed by atoms with E-state index >= 15 is 0 Å². The lowest BCUT2D eigenvalue weighted by Crippen LogP contribution is -2.21. The molecule has 9 heteroatoms. The number of rotatable bonds is 7. The van der Waals surface area contributed by atoms with Gasteiger partial charge in [-0.2, -0.15) is 0 Å². The minimum Gasteiger partial charge on any atom is -0.488 e. The van der Waals surface area contributed by atoms with Gasteiger partial charge in [0.1, 0.15) is 12.7 Å². The molecule has 2 N–H and O–H groups in total. The zero-order valence-electron chi connectivity index (χ0n) is 16.2. The highest BCUT2D eigenvalue weighted by molar-refractivity contribution is 5.68. The lowest BCUT2D eigenvalue weighted by atomic mass is 10.1. The predicted molar refractivity (Wildman–Crippen MR) is 108 cm³/mol. The summed E-state index contributed by atoms with van der Waals surface area (Å²) in [4.78, 5) is 25.3. The highest BCUT2D eigenvalue weighted by atomic mass is 16.5. The predicted octanol–water partition coefficient (Wildman–Crippen LogP) is 1.54. The van der Waals surface area contributed by atoms with Crippen LogP contribution in [0.5, 0.6) is 5.75 Å². The normalized spacial score (nSPS) is 12.2. The topological polar surface area (TPSA) is 124 Å². The van der Waals surface area contributed by atoms with E-state index in [9.17, 15) is 9.90 Å². The number of nitrogens with zero attached hydrogens (tertiary/aromatic N) is 4. The number of aliphatic hydroxyl groups is 2. The molecular formula is C21H20N4O5. The fourth-order valence-corrected chi connectivity index (χ4v) is 2.95. The largest absolute Gasteiger partial charge is 0.488 e. The molecule has 0 aliphatic heterocycles. The van der Waals surface area contributed by atoms with Gasteiger partial charge in [-0.1, -0.05) is 18.2 Å². The molecule has 0 saturated heterocycles. The fourth-order valence-electron chi connectivity index (χ4n) is 2.95. The Kier molecular flexibility index (Phi) is 5.55. The Bertz CT molecular complexity index is 1220. The van der Waals surface area contributed by atoms with E-state index in [0.717, 1.165) is 16.8 Å². The van der Waals surface area contributed by atoms with Gasteiger partial charge >= 0.3 is 5.76 Å². The second-order valence-corrected chi connectivity index (χ2v) is 6.82. The van der Waals surface area contributed by atoms with E-state index in [1.54, 1.807) is 12.1 Å². The molecule has 1 atom stereocenters. The Morgan fingerprint density at radius 2 is 2.00 bits per heavy atom. The Balaban J connectivity index is 1.56. The number of pyridine rings is 1. The average molecular weight is 408 g/mol. The summed E-state index contributed by atoms with van der Waals surface area (Å²) in [6.07, 6.45) is 2.04. The third-order valence-electron chi connectivity index (χ3n) is 4.46. The first-order chi connectivity index (χ1) is 14.5. The minimum absolute atomic E-state index is 0.0460. The van der Waals surface area contributed by atoms with Crippen LogP contribution < -0.4 is 10.5 Å². The van der Waals surface area contributed by atoms with Crippen molar-refractivity contribution in [2.45, 2.75) is 19.6 Å². The summed E-state index contributed by atoms with van der Waals surface area (Å²) in [5.74, 6) is 0.418. The van der Waals surface area contributed by atoms with Crippen LogP contribution in [-0.2, 0) is 6.54 Å². The van der Waals surface area contributed by atoms with Crippen molar-refractivity contribution in [3.05, 3.63) is 70.6 Å². The van der Waals surface area contributed by atoms with Crippen LogP contribution in [0.25, 0.3) is 22.6 Å². The number of aromatic nitrogens is 4. The van der Waals surface area contributed by atoms with Gasteiger partial charge in [-0.3, -0.25) is 4.57 Å². The van der Waals surface area contributed by atoms with Crippen LogP contribution in [0.4, 0.5) is 0 Å². The van der Waals surface area contributed by atoms with Gasteiger partial charge in [0.25, 0.3) is 0 Å². The molecule has 154 valence electrons. The quantitative estimate of drug-likeness (QED) is 0.472. The number of oxazole rings is 1. The van der Waals surface area contributed by atoms with Crippen LogP contribution in [0.3, 0.4) is 0 Å². The van der Waals surface area contributed by atoms with Gasteiger partial charge in [0.15, 0.2) is 22.8 Å². The number of hydrogen-bond donors (Lipinski definition) is 2. The first-order valence-corrected chi connectivity index (χ1v) is 9.33. The maximum atomic E-state index is 12.3. The lowest BCUT2D eigenvalue weighted by molar-refractivity contribution is 0.0534. The lowest BCUT2D eigenvalue weighted by Gasteiger charge is -2.09. The molecule has 0 aliphatic carbocycles. The molecule has 0 saturated carbocycles. The van der Waals surface area contributed by atoms with Crippen molar-refractivity contribution in [1.29, 1.82) is 0 Å². The Hall–Kier alpha value is -3.56. The van der Waals surface area contributed by atoms with E-state index in [0.29, 0.717) is 29.3 Å². The van der Waals surface area contributed by atoms with Crippen molar-refractivity contribution < 1.29 is 19.4 Å². The van der Waals surface area contributed by atoms with Gasteiger partial charge in [0, 0.05) is 11.3 Å². The van der Waals surface area contributed by atoms with Crippen LogP contribution in [0.1, 0.15) is 11.3 Å². The molecule has 30 heavy (non-hydrogen) atoms. The Morgan fingerprint density at radius 1 is 1.20 bits per heavy atom. The second-order valence-electron chi connectivity index (χ2n) is 6.82. The third kappa shape index (κ3) is 4.22. The van der Waals surface area contributed by atoms with Gasteiger partial charge < -0.3 is 19.4 Å². The number of aryl methyl sites for hydroxylation is 1. The monoisotopic (exact) mass is 408 g/mol. The molecule has 4 rings (SSSR count). The molecule has 0 fully saturated rings. The van der Waals surface area contributed by atoms with Gasteiger partial charge in [0.05, 0.1) is 25.5 Å². The molecule has 0 spiro atoms. The zero-order chi connectivity index (χ0) is 21.1. The SMILES string of the molecule is Cc1ccc2oc(=O)n(Cc3cccc(-c4ncc(OCC(O)CO)cn4)c3)c2n1. The highest BCUT2D eigenvalue weighted by Crippen LogP contribution is 2.20. The molecular weight excluding hydrogens is 388 g/mol. The van der Waals surface area contributed by atoms with Crippen molar-refractivity contribution in [3.8, 4) is 17.1 Å². The Labute approximate surface area is 171 Å². The molecule has 0 radical (unpaired) electrons. The molecule has 4 aromatic rings. The number of fused-ring (bicyclic) bond motifs is 1. The number of benzene rings is 1. The highest BCUT2D eigenvalue weighted by Gasteiger charge is 2.12. The van der Waals surface area contributed by atoms with Gasteiger partial charge in [-0.15, -0.1) is 0 Å². The zero-order valence-corrected chi connectivity index (χ0v) is 16.2. The van der Waals surface area contributed by atoms with Gasteiger partial charge in [0.2, 0.25) is 0 Å². The van der Waals surface area contributed by atoms with Crippen LogP contribution in [0.2, 0.25) is 0 Å². The summed E-state index contributed by atoms with van der Waals surface area (Å²) in [7, 11) is 0. The van der Waals surface area contributed by atoms with Crippen molar-refractivity contribution >= 4 is 11.2 Å². The van der Waals surface area contributed by atoms with Gasteiger partial charge in [-0.05, 0) is 30.7 Å². The first kappa shape index (κ1) is 19.7. The average Bonchev–Trinajstić information content (AvgIpc) is 3.07. The summed E-state index contributed by atoms with van der Waals surface area (Å²) in [6.45, 7) is 1.74. The molecule has 0 bridgehead atoms. The van der Waals surface area contributed by atoms with E-state index in [4.69, 9.17) is 14.3 Å². The van der Waals surface area contributed by atoms with Crippen LogP contribution in [0.15, 0.2) is 58.0 Å². The third-order valence-corrected chi connectivity index (χ3v) is 4.46. The number of ether oxygens (including phenoxy) is 1. The molecule has 0 amide bonds. The maximum Gasteiger partial charge on any atom is 0.421 e. The maximum absolute atomic E-state index is 12.3. The van der Waals surface area contributed by atoms with Crippen molar-refractivity contribution in [3.63, 3.8) is 0 Å². The summed E-state index contributed by atoms with van der Waals surface area (Å²) >= 11 is 0. The summed E-state index contributed by atoms with van der Waals surface area (Å²) in [5.41, 5.74) is 3.41. The Morgan fingerprint density at radius 3 is 2.77 bits per heavy atom. The van der Waals surface area contributed by atoms with Gasteiger partial charge in [-0.25, -0.2) is 19.7 Å². The van der Waals surface area contributed by atoms with Crippen LogP contribution >= 0.6 is 0 Å². The minimum atomic E-state index is -0.956. The molecule has 0 aliphatic rings. The standard InChI is InChI=1S/C21H20N4O5/c1-13-5-6-18-20(24-13)25(21(28)30-18)10-14-3-2-4-15(7-14)19-22-8-17(9-23-19)29-12-16(27)11-26/h2-9,16,26-27H,10-12H2,1H3. The molecule has 3 heterocycles. The first-order valence-electron chi connectivity index (χ1n) is 9.33. The fraction of sp³-hybridized carbons (Fsp3) is 0.238. The molecule has 9 nitrogen and oxygen atoms in total. The molecule has 3 aromatic heterocycles. The number of aliphatic hydroxyl groups excluding tert-OH is 2. The van der Waals surface area contributed by atoms with Crippen molar-refractivity contribution in [2.24, 2.45) is 0 Å². The summed E-state index contributed by atoms with van der Waals surface area (Å²) in [6, 6.07) is 11.1. The van der Waals surface area contributed by atoms with E-state index in [-0.39, 0.29) is 13.2 Å². The van der Waals surface area contributed by atoms with E-state index in [1.165, 1.54) is 17.0 Å². The van der Waals surface area contributed by atoms with Crippen molar-refractivity contribution in [1.82, 2.24) is 19.5 Å². The van der Waals surface area contributed by atoms with Crippen LogP contribution in [-0.4, -0.2) is 49.0 Å². The van der Waals surface area contributed by atoms with E-state index < -0.39 is 11.9 Å². The van der Waals surface area contributed by atoms with E-state index in [1.807, 2.05) is 31.2 Å². The molecule has 1 unspecified atom stereocenters. The summed E-state index contributed by atoms with van der Waals surface area (Å²) < 4.78 is 12.1.